The van der Waals surface area contributed by atoms with Crippen molar-refractivity contribution in [2.45, 2.75) is 18.6 Å². The first-order chi connectivity index (χ1) is 10.2. The number of hydrogen-bond acceptors (Lipinski definition) is 3. The van der Waals surface area contributed by atoms with Crippen LogP contribution in [0.4, 0.5) is 5.69 Å². The van der Waals surface area contributed by atoms with Crippen LogP contribution in [0, 0.1) is 6.92 Å². The topological polar surface area (TPSA) is 41.5 Å². The van der Waals surface area contributed by atoms with Gasteiger partial charge in [0.15, 0.2) is 5.17 Å². The second kappa shape index (κ2) is 6.14. The molecule has 3 nitrogen and oxygen atoms in total. The van der Waals surface area contributed by atoms with Crippen molar-refractivity contribution in [2.75, 3.05) is 0 Å². The molecule has 1 aliphatic heterocycles. The molecule has 0 aliphatic carbocycles. The number of nitrogens with zero attached hydrogens (tertiary/aromatic N) is 1. The Hall–Kier alpha value is -2.07. The van der Waals surface area contributed by atoms with Crippen LogP contribution >= 0.6 is 11.8 Å². The third kappa shape index (κ3) is 3.52. The standard InChI is InChI=1S/C17H16N2OS/c1-12-7-9-14(10-8-12)18-17-19-16(20)15(21-17)11-13-5-3-2-4-6-13/h2-10,15H,11H2,1H3,(H,18,19,20)/t15-/m1/s1. The third-order valence-corrected chi connectivity index (χ3v) is 4.39. The summed E-state index contributed by atoms with van der Waals surface area (Å²) in [6.07, 6.45) is 0.726. The molecule has 1 saturated heterocycles. The molecule has 0 radical (unpaired) electrons. The van der Waals surface area contributed by atoms with Crippen molar-refractivity contribution in [1.82, 2.24) is 5.32 Å². The number of nitrogens with one attached hydrogen (secondary N) is 1. The summed E-state index contributed by atoms with van der Waals surface area (Å²) in [5.41, 5.74) is 3.23. The monoisotopic (exact) mass is 296 g/mol. The van der Waals surface area contributed by atoms with Crippen molar-refractivity contribution < 1.29 is 4.79 Å². The number of aryl methyl sites for hydroxylation is 1. The first-order valence-electron chi connectivity index (χ1n) is 6.87. The van der Waals surface area contributed by atoms with Gasteiger partial charge in [0.25, 0.3) is 0 Å². The maximum Gasteiger partial charge on any atom is 0.239 e. The van der Waals surface area contributed by atoms with Gasteiger partial charge < -0.3 is 5.32 Å². The number of aliphatic imine (C=N–C) groups is 1. The van der Waals surface area contributed by atoms with Crippen LogP contribution in [0.1, 0.15) is 11.1 Å². The summed E-state index contributed by atoms with van der Waals surface area (Å²) in [6, 6.07) is 18.0. The second-order valence-corrected chi connectivity index (χ2v) is 6.23. The SMILES string of the molecule is Cc1ccc(N=C2NC(=O)[C@@H](Cc3ccccc3)S2)cc1. The van der Waals surface area contributed by atoms with Gasteiger partial charge in [-0.05, 0) is 31.0 Å². The van der Waals surface area contributed by atoms with Gasteiger partial charge in [0.05, 0.1) is 10.9 Å². The van der Waals surface area contributed by atoms with Crippen molar-refractivity contribution in [2.24, 2.45) is 4.99 Å². The number of carbonyl (C=O) groups excluding carboxylic acids is 1. The fourth-order valence-electron chi connectivity index (χ4n) is 2.16. The number of benzene rings is 2. The molecule has 21 heavy (non-hydrogen) atoms. The lowest BCUT2D eigenvalue weighted by Gasteiger charge is -2.04. The van der Waals surface area contributed by atoms with Crippen LogP contribution in [0.2, 0.25) is 0 Å². The molecule has 1 aliphatic rings. The Balaban J connectivity index is 1.71. The van der Waals surface area contributed by atoms with E-state index in [9.17, 15) is 4.79 Å². The maximum absolute atomic E-state index is 12.0. The average Bonchev–Trinajstić information content (AvgIpc) is 2.82. The Bertz CT molecular complexity index is 665. The van der Waals surface area contributed by atoms with E-state index in [-0.39, 0.29) is 11.2 Å². The molecule has 0 spiro atoms. The summed E-state index contributed by atoms with van der Waals surface area (Å²) >= 11 is 1.50. The number of amidine groups is 1. The first-order valence-corrected chi connectivity index (χ1v) is 7.75. The van der Waals surface area contributed by atoms with Crippen molar-refractivity contribution in [3.05, 3.63) is 65.7 Å². The molecule has 1 atom stereocenters. The van der Waals surface area contributed by atoms with Gasteiger partial charge in [0.2, 0.25) is 5.91 Å². The van der Waals surface area contributed by atoms with E-state index in [2.05, 4.69) is 10.3 Å². The minimum absolute atomic E-state index is 0.0368. The third-order valence-electron chi connectivity index (χ3n) is 3.30. The molecule has 1 fully saturated rings. The molecule has 0 aromatic heterocycles. The highest BCUT2D eigenvalue weighted by atomic mass is 32.2. The molecule has 0 bridgehead atoms. The molecule has 0 unspecified atom stereocenters. The van der Waals surface area contributed by atoms with Crippen LogP contribution in [-0.4, -0.2) is 16.3 Å². The van der Waals surface area contributed by atoms with E-state index >= 15 is 0 Å². The Labute approximate surface area is 128 Å². The summed E-state index contributed by atoms with van der Waals surface area (Å²) < 4.78 is 0. The Morgan fingerprint density at radius 3 is 2.52 bits per heavy atom. The van der Waals surface area contributed by atoms with Crippen molar-refractivity contribution >= 4 is 28.5 Å². The van der Waals surface area contributed by atoms with E-state index in [0.717, 1.165) is 12.1 Å². The predicted molar refractivity (Wildman–Crippen MR) is 87.9 cm³/mol. The summed E-state index contributed by atoms with van der Waals surface area (Å²) in [5, 5.41) is 3.45. The lowest BCUT2D eigenvalue weighted by atomic mass is 10.1. The van der Waals surface area contributed by atoms with Crippen molar-refractivity contribution in [3.63, 3.8) is 0 Å². The minimum atomic E-state index is -0.100. The zero-order chi connectivity index (χ0) is 14.7. The molecular weight excluding hydrogens is 280 g/mol. The van der Waals surface area contributed by atoms with Crippen LogP contribution in [0.3, 0.4) is 0 Å². The van der Waals surface area contributed by atoms with Crippen LogP contribution < -0.4 is 5.32 Å². The lowest BCUT2D eigenvalue weighted by molar-refractivity contribution is -0.118. The van der Waals surface area contributed by atoms with E-state index in [1.165, 1.54) is 22.9 Å². The normalized spacial score (nSPS) is 19.8. The van der Waals surface area contributed by atoms with E-state index in [4.69, 9.17) is 0 Å². The number of thioether (sulfide) groups is 1. The first kappa shape index (κ1) is 13.9. The number of rotatable bonds is 3. The van der Waals surface area contributed by atoms with E-state index < -0.39 is 0 Å². The molecule has 106 valence electrons. The average molecular weight is 296 g/mol. The minimum Gasteiger partial charge on any atom is -0.304 e. The van der Waals surface area contributed by atoms with Gasteiger partial charge in [0.1, 0.15) is 0 Å². The van der Waals surface area contributed by atoms with Crippen LogP contribution in [-0.2, 0) is 11.2 Å². The summed E-state index contributed by atoms with van der Waals surface area (Å²) in [7, 11) is 0. The highest BCUT2D eigenvalue weighted by molar-refractivity contribution is 8.15. The highest BCUT2D eigenvalue weighted by Gasteiger charge is 2.30. The van der Waals surface area contributed by atoms with Gasteiger partial charge in [-0.2, -0.15) is 0 Å². The molecule has 2 aromatic carbocycles. The fourth-order valence-corrected chi connectivity index (χ4v) is 3.19. The van der Waals surface area contributed by atoms with Gasteiger partial charge in [0, 0.05) is 0 Å². The van der Waals surface area contributed by atoms with E-state index in [1.807, 2.05) is 61.5 Å². The van der Waals surface area contributed by atoms with E-state index in [0.29, 0.717) is 5.17 Å². The van der Waals surface area contributed by atoms with Crippen LogP contribution in [0.5, 0.6) is 0 Å². The van der Waals surface area contributed by atoms with Gasteiger partial charge in [-0.1, -0.05) is 59.8 Å². The van der Waals surface area contributed by atoms with Crippen LogP contribution in [0.25, 0.3) is 0 Å². The lowest BCUT2D eigenvalue weighted by Crippen LogP contribution is -2.25. The summed E-state index contributed by atoms with van der Waals surface area (Å²) in [4.78, 5) is 16.5. The zero-order valence-corrected chi connectivity index (χ0v) is 12.6. The molecule has 1 heterocycles. The number of carbonyl (C=O) groups is 1. The molecule has 0 saturated carbocycles. The smallest absolute Gasteiger partial charge is 0.239 e. The summed E-state index contributed by atoms with van der Waals surface area (Å²) in [6.45, 7) is 2.04. The molecule has 4 heteroatoms. The maximum atomic E-state index is 12.0. The molecule has 1 amide bonds. The Morgan fingerprint density at radius 2 is 1.81 bits per heavy atom. The number of hydrogen-bond donors (Lipinski definition) is 1. The van der Waals surface area contributed by atoms with Gasteiger partial charge in [-0.25, -0.2) is 4.99 Å². The molecular formula is C17H16N2OS. The van der Waals surface area contributed by atoms with Crippen molar-refractivity contribution in [1.29, 1.82) is 0 Å². The Kier molecular flexibility index (Phi) is 4.06. The quantitative estimate of drug-likeness (QED) is 0.942. The zero-order valence-electron chi connectivity index (χ0n) is 11.7. The van der Waals surface area contributed by atoms with Gasteiger partial charge in [-0.3, -0.25) is 4.79 Å². The van der Waals surface area contributed by atoms with Gasteiger partial charge >= 0.3 is 0 Å². The van der Waals surface area contributed by atoms with Crippen molar-refractivity contribution in [3.8, 4) is 0 Å². The summed E-state index contributed by atoms with van der Waals surface area (Å²) in [5.74, 6) is 0.0368. The molecule has 2 aromatic rings. The van der Waals surface area contributed by atoms with Crippen LogP contribution in [0.15, 0.2) is 59.6 Å². The second-order valence-electron chi connectivity index (χ2n) is 5.04. The van der Waals surface area contributed by atoms with Gasteiger partial charge in [-0.15, -0.1) is 0 Å². The molecule has 3 rings (SSSR count). The molecule has 1 N–H and O–H groups in total. The number of amides is 1. The largest absolute Gasteiger partial charge is 0.304 e. The Morgan fingerprint density at radius 1 is 1.10 bits per heavy atom. The fraction of sp³-hybridized carbons (Fsp3) is 0.176. The predicted octanol–water partition coefficient (Wildman–Crippen LogP) is 3.46. The van der Waals surface area contributed by atoms with E-state index in [1.54, 1.807) is 0 Å². The highest BCUT2D eigenvalue weighted by Crippen LogP contribution is 2.25.